The zero-order valence-corrected chi connectivity index (χ0v) is 18.4. The van der Waals surface area contributed by atoms with E-state index in [1.54, 1.807) is 36.4 Å². The molecule has 1 heterocycles. The molecule has 2 aromatic rings. The summed E-state index contributed by atoms with van der Waals surface area (Å²) in [6, 6.07) is 12.8. The molecule has 0 spiro atoms. The Kier molecular flexibility index (Phi) is 8.15. The van der Waals surface area contributed by atoms with Gasteiger partial charge in [-0.15, -0.1) is 0 Å². The number of nitrogens with zero attached hydrogens (tertiary/aromatic N) is 1. The molecule has 172 valence electrons. The monoisotopic (exact) mass is 471 g/mol. The van der Waals surface area contributed by atoms with E-state index in [1.165, 1.54) is 17.0 Å². The number of imide groups is 1. The summed E-state index contributed by atoms with van der Waals surface area (Å²) in [6.07, 6.45) is 1.73. The second kappa shape index (κ2) is 11.2. The lowest BCUT2D eigenvalue weighted by molar-refractivity contribution is -0.148. The Morgan fingerprint density at radius 3 is 2.12 bits per heavy atom. The van der Waals surface area contributed by atoms with Crippen LogP contribution in [0.5, 0.6) is 0 Å². The van der Waals surface area contributed by atoms with Crippen molar-refractivity contribution in [2.24, 2.45) is 0 Å². The van der Waals surface area contributed by atoms with Gasteiger partial charge in [-0.25, -0.2) is 0 Å². The molecular formula is C23H22ClN3O6. The van der Waals surface area contributed by atoms with Crippen molar-refractivity contribution >= 4 is 41.2 Å². The maximum absolute atomic E-state index is 12.3. The van der Waals surface area contributed by atoms with Crippen molar-refractivity contribution in [3.8, 4) is 0 Å². The molecule has 0 radical (unpaired) electrons. The number of hydrazine groups is 1. The van der Waals surface area contributed by atoms with Gasteiger partial charge in [-0.3, -0.25) is 39.7 Å². The molecule has 2 aromatic carbocycles. The molecule has 0 aromatic heterocycles. The van der Waals surface area contributed by atoms with Crippen molar-refractivity contribution in [2.75, 3.05) is 13.2 Å². The second-order valence-electron chi connectivity index (χ2n) is 7.29. The van der Waals surface area contributed by atoms with Gasteiger partial charge in [-0.05, 0) is 49.2 Å². The molecule has 0 unspecified atom stereocenters. The van der Waals surface area contributed by atoms with Gasteiger partial charge in [0.1, 0.15) is 0 Å². The summed E-state index contributed by atoms with van der Waals surface area (Å²) in [5, 5.41) is 0.478. The smallest absolute Gasteiger partial charge is 0.306 e. The first-order chi connectivity index (χ1) is 15.9. The van der Waals surface area contributed by atoms with Gasteiger partial charge in [0.25, 0.3) is 23.6 Å². The highest BCUT2D eigenvalue weighted by molar-refractivity contribution is 6.30. The van der Waals surface area contributed by atoms with Crippen LogP contribution in [0.3, 0.4) is 0 Å². The van der Waals surface area contributed by atoms with Gasteiger partial charge in [0, 0.05) is 23.6 Å². The van der Waals surface area contributed by atoms with Crippen LogP contribution in [0.15, 0.2) is 48.5 Å². The Hall–Kier alpha value is -3.72. The molecule has 0 bridgehead atoms. The quantitative estimate of drug-likeness (QED) is 0.251. The number of carbonyl (C=O) groups is 5. The van der Waals surface area contributed by atoms with Gasteiger partial charge in [-0.1, -0.05) is 30.2 Å². The van der Waals surface area contributed by atoms with Crippen LogP contribution >= 0.6 is 11.6 Å². The molecule has 0 saturated heterocycles. The topological polar surface area (TPSA) is 122 Å². The number of halogens is 1. The number of ether oxygens (including phenoxy) is 1. The predicted molar refractivity (Wildman–Crippen MR) is 118 cm³/mol. The number of hydrogen-bond donors (Lipinski definition) is 2. The molecule has 10 heteroatoms. The SMILES string of the molecule is O=C(COC(=O)CCCCCN1C(=O)c2ccccc2C1=O)NNC(=O)c1ccc(Cl)cc1. The number of benzene rings is 2. The Morgan fingerprint density at radius 2 is 1.48 bits per heavy atom. The minimum Gasteiger partial charge on any atom is -0.455 e. The van der Waals surface area contributed by atoms with Gasteiger partial charge >= 0.3 is 5.97 Å². The minimum absolute atomic E-state index is 0.0898. The second-order valence-corrected chi connectivity index (χ2v) is 7.72. The van der Waals surface area contributed by atoms with Crippen LogP contribution in [-0.4, -0.2) is 47.6 Å². The van der Waals surface area contributed by atoms with Crippen molar-refractivity contribution in [3.05, 3.63) is 70.2 Å². The summed E-state index contributed by atoms with van der Waals surface area (Å²) in [4.78, 5) is 61.2. The van der Waals surface area contributed by atoms with E-state index in [9.17, 15) is 24.0 Å². The molecule has 9 nitrogen and oxygen atoms in total. The number of amides is 4. The lowest BCUT2D eigenvalue weighted by atomic mass is 10.1. The maximum atomic E-state index is 12.3. The summed E-state index contributed by atoms with van der Waals surface area (Å²) in [7, 11) is 0. The largest absolute Gasteiger partial charge is 0.455 e. The average Bonchev–Trinajstić information content (AvgIpc) is 3.06. The molecule has 33 heavy (non-hydrogen) atoms. The van der Waals surface area contributed by atoms with E-state index in [-0.39, 0.29) is 24.8 Å². The first-order valence-electron chi connectivity index (χ1n) is 10.3. The highest BCUT2D eigenvalue weighted by Crippen LogP contribution is 2.22. The molecule has 0 fully saturated rings. The predicted octanol–water partition coefficient (Wildman–Crippen LogP) is 2.50. The van der Waals surface area contributed by atoms with Crippen LogP contribution < -0.4 is 10.9 Å². The summed E-state index contributed by atoms with van der Waals surface area (Å²) in [5.74, 6) is -2.39. The Bertz CT molecular complexity index is 1040. The third-order valence-electron chi connectivity index (χ3n) is 4.93. The van der Waals surface area contributed by atoms with E-state index in [0.29, 0.717) is 41.0 Å². The molecule has 4 amide bonds. The number of unbranched alkanes of at least 4 members (excludes halogenated alkanes) is 2. The number of esters is 1. The van der Waals surface area contributed by atoms with Gasteiger partial charge in [0.2, 0.25) is 0 Å². The summed E-state index contributed by atoms with van der Waals surface area (Å²) >= 11 is 5.75. The van der Waals surface area contributed by atoms with Crippen LogP contribution in [0.2, 0.25) is 5.02 Å². The molecule has 1 aliphatic rings. The summed E-state index contributed by atoms with van der Waals surface area (Å²) in [6.45, 7) is -0.258. The van der Waals surface area contributed by atoms with E-state index in [1.807, 2.05) is 0 Å². The standard InChI is InChI=1S/C23H22ClN3O6/c24-16-11-9-15(10-12-16)21(30)26-25-19(28)14-33-20(29)8-2-1-5-13-27-22(31)17-6-3-4-7-18(17)23(27)32/h3-4,6-7,9-12H,1-2,5,8,13-14H2,(H,25,28)(H,26,30). The molecule has 0 aliphatic carbocycles. The van der Waals surface area contributed by atoms with Gasteiger partial charge in [0.05, 0.1) is 11.1 Å². The van der Waals surface area contributed by atoms with Gasteiger partial charge in [-0.2, -0.15) is 0 Å². The molecule has 2 N–H and O–H groups in total. The highest BCUT2D eigenvalue weighted by Gasteiger charge is 2.34. The summed E-state index contributed by atoms with van der Waals surface area (Å²) in [5.41, 5.74) is 5.49. The highest BCUT2D eigenvalue weighted by atomic mass is 35.5. The van der Waals surface area contributed by atoms with E-state index >= 15 is 0 Å². The van der Waals surface area contributed by atoms with E-state index < -0.39 is 24.4 Å². The molecule has 3 rings (SSSR count). The zero-order chi connectivity index (χ0) is 23.8. The van der Waals surface area contributed by atoms with Crippen molar-refractivity contribution in [1.29, 1.82) is 0 Å². The number of rotatable bonds is 9. The molecule has 0 saturated carbocycles. The lowest BCUT2D eigenvalue weighted by Crippen LogP contribution is -2.43. The van der Waals surface area contributed by atoms with Crippen LogP contribution in [0.25, 0.3) is 0 Å². The van der Waals surface area contributed by atoms with E-state index in [0.717, 1.165) is 0 Å². The third-order valence-corrected chi connectivity index (χ3v) is 5.18. The fourth-order valence-electron chi connectivity index (χ4n) is 3.21. The number of nitrogens with one attached hydrogen (secondary N) is 2. The molecule has 1 aliphatic heterocycles. The minimum atomic E-state index is -0.684. The summed E-state index contributed by atoms with van der Waals surface area (Å²) < 4.78 is 4.88. The first kappa shape index (κ1) is 23.9. The van der Waals surface area contributed by atoms with Crippen molar-refractivity contribution in [1.82, 2.24) is 15.8 Å². The first-order valence-corrected chi connectivity index (χ1v) is 10.7. The van der Waals surface area contributed by atoms with E-state index in [2.05, 4.69) is 10.9 Å². The van der Waals surface area contributed by atoms with Crippen molar-refractivity contribution in [2.45, 2.75) is 25.7 Å². The normalized spacial score (nSPS) is 12.3. The molecule has 0 atom stereocenters. The van der Waals surface area contributed by atoms with Crippen LogP contribution in [-0.2, 0) is 14.3 Å². The van der Waals surface area contributed by atoms with Crippen LogP contribution in [0, 0.1) is 0 Å². The third kappa shape index (κ3) is 6.39. The van der Waals surface area contributed by atoms with Crippen molar-refractivity contribution in [3.63, 3.8) is 0 Å². The molecular weight excluding hydrogens is 450 g/mol. The zero-order valence-electron chi connectivity index (χ0n) is 17.6. The number of fused-ring (bicyclic) bond motifs is 1. The Morgan fingerprint density at radius 1 is 0.848 bits per heavy atom. The number of carbonyl (C=O) groups excluding carboxylic acids is 5. The van der Waals surface area contributed by atoms with Crippen LogP contribution in [0.1, 0.15) is 56.8 Å². The average molecular weight is 472 g/mol. The fourth-order valence-corrected chi connectivity index (χ4v) is 3.34. The Balaban J connectivity index is 1.27. The van der Waals surface area contributed by atoms with Gasteiger partial charge in [0.15, 0.2) is 6.61 Å². The van der Waals surface area contributed by atoms with Crippen LogP contribution in [0.4, 0.5) is 0 Å². The fraction of sp³-hybridized carbons (Fsp3) is 0.261. The van der Waals surface area contributed by atoms with Crippen molar-refractivity contribution < 1.29 is 28.7 Å². The number of hydrogen-bond acceptors (Lipinski definition) is 6. The Labute approximate surface area is 195 Å². The maximum Gasteiger partial charge on any atom is 0.306 e. The lowest BCUT2D eigenvalue weighted by Gasteiger charge is -2.13. The van der Waals surface area contributed by atoms with E-state index in [4.69, 9.17) is 16.3 Å². The van der Waals surface area contributed by atoms with Gasteiger partial charge < -0.3 is 4.74 Å².